The molecule has 0 saturated carbocycles. The highest BCUT2D eigenvalue weighted by Gasteiger charge is 2.02. The van der Waals surface area contributed by atoms with Gasteiger partial charge in [-0.25, -0.2) is 4.98 Å². The standard InChI is InChI=1S/C12H17N3O/c1-3-11(16)4-5-14-12-7-10(8-13)6-9(2)15-12/h6-7,11,16H,3-5H2,1-2H3,(H,14,15). The SMILES string of the molecule is CCC(O)CCNc1cc(C#N)cc(C)n1. The molecule has 0 aliphatic rings. The number of nitriles is 1. The average Bonchev–Trinajstić information content (AvgIpc) is 2.28. The number of pyridine rings is 1. The van der Waals surface area contributed by atoms with Crippen molar-refractivity contribution in [1.29, 1.82) is 5.26 Å². The average molecular weight is 219 g/mol. The molecule has 0 saturated heterocycles. The van der Waals surface area contributed by atoms with E-state index in [2.05, 4.69) is 16.4 Å². The molecule has 1 aromatic heterocycles. The first-order valence-corrected chi connectivity index (χ1v) is 5.46. The molecule has 1 unspecified atom stereocenters. The molecule has 2 N–H and O–H groups in total. The van der Waals surface area contributed by atoms with Crippen molar-refractivity contribution < 1.29 is 5.11 Å². The fourth-order valence-electron chi connectivity index (χ4n) is 1.39. The zero-order valence-corrected chi connectivity index (χ0v) is 9.70. The maximum absolute atomic E-state index is 9.38. The van der Waals surface area contributed by atoms with Crippen molar-refractivity contribution >= 4 is 5.82 Å². The number of rotatable bonds is 5. The topological polar surface area (TPSA) is 68.9 Å². The lowest BCUT2D eigenvalue weighted by molar-refractivity contribution is 0.164. The van der Waals surface area contributed by atoms with E-state index in [4.69, 9.17) is 5.26 Å². The van der Waals surface area contributed by atoms with E-state index in [1.807, 2.05) is 13.8 Å². The fraction of sp³-hybridized carbons (Fsp3) is 0.500. The van der Waals surface area contributed by atoms with E-state index in [0.717, 1.165) is 12.1 Å². The van der Waals surface area contributed by atoms with Crippen molar-refractivity contribution in [2.45, 2.75) is 32.8 Å². The van der Waals surface area contributed by atoms with Gasteiger partial charge >= 0.3 is 0 Å². The van der Waals surface area contributed by atoms with Gasteiger partial charge in [-0.1, -0.05) is 6.92 Å². The number of hydrogen-bond donors (Lipinski definition) is 2. The van der Waals surface area contributed by atoms with Crippen molar-refractivity contribution in [3.63, 3.8) is 0 Å². The Balaban J connectivity index is 2.54. The molecule has 0 radical (unpaired) electrons. The summed E-state index contributed by atoms with van der Waals surface area (Å²) in [4.78, 5) is 4.26. The Bertz CT molecular complexity index is 384. The largest absolute Gasteiger partial charge is 0.393 e. The third kappa shape index (κ3) is 3.87. The maximum Gasteiger partial charge on any atom is 0.127 e. The highest BCUT2D eigenvalue weighted by atomic mass is 16.3. The van der Waals surface area contributed by atoms with Crippen LogP contribution in [0.5, 0.6) is 0 Å². The van der Waals surface area contributed by atoms with Crippen LogP contribution in [0, 0.1) is 18.3 Å². The van der Waals surface area contributed by atoms with E-state index in [1.165, 1.54) is 0 Å². The van der Waals surface area contributed by atoms with Gasteiger partial charge in [0.2, 0.25) is 0 Å². The summed E-state index contributed by atoms with van der Waals surface area (Å²) in [7, 11) is 0. The highest BCUT2D eigenvalue weighted by molar-refractivity contribution is 5.44. The number of hydrogen-bond acceptors (Lipinski definition) is 4. The molecule has 16 heavy (non-hydrogen) atoms. The van der Waals surface area contributed by atoms with E-state index >= 15 is 0 Å². The van der Waals surface area contributed by atoms with Crippen LogP contribution in [0.15, 0.2) is 12.1 Å². The Labute approximate surface area is 95.9 Å². The van der Waals surface area contributed by atoms with E-state index in [1.54, 1.807) is 12.1 Å². The maximum atomic E-state index is 9.38. The molecule has 1 aromatic rings. The number of aliphatic hydroxyl groups is 1. The van der Waals surface area contributed by atoms with E-state index < -0.39 is 0 Å². The fourth-order valence-corrected chi connectivity index (χ4v) is 1.39. The zero-order chi connectivity index (χ0) is 12.0. The van der Waals surface area contributed by atoms with Crippen LogP contribution in [0.2, 0.25) is 0 Å². The first kappa shape index (κ1) is 12.5. The molecule has 1 rings (SSSR count). The van der Waals surface area contributed by atoms with Crippen LogP contribution in [0.25, 0.3) is 0 Å². The van der Waals surface area contributed by atoms with Crippen LogP contribution in [0.4, 0.5) is 5.82 Å². The highest BCUT2D eigenvalue weighted by Crippen LogP contribution is 2.09. The molecule has 4 heteroatoms. The molecule has 1 atom stereocenters. The van der Waals surface area contributed by atoms with Gasteiger partial charge in [0.25, 0.3) is 0 Å². The smallest absolute Gasteiger partial charge is 0.127 e. The van der Waals surface area contributed by atoms with Gasteiger partial charge in [0.05, 0.1) is 17.7 Å². The molecule has 0 amide bonds. The van der Waals surface area contributed by atoms with Crippen LogP contribution in [0.3, 0.4) is 0 Å². The van der Waals surface area contributed by atoms with Crippen LogP contribution in [-0.2, 0) is 0 Å². The minimum atomic E-state index is -0.271. The lowest BCUT2D eigenvalue weighted by atomic mass is 10.2. The molecule has 0 aliphatic heterocycles. The van der Waals surface area contributed by atoms with Crippen LogP contribution in [-0.4, -0.2) is 22.7 Å². The second-order valence-corrected chi connectivity index (χ2v) is 3.77. The summed E-state index contributed by atoms with van der Waals surface area (Å²) in [6, 6.07) is 5.54. The summed E-state index contributed by atoms with van der Waals surface area (Å²) in [5.41, 5.74) is 1.42. The molecule has 1 heterocycles. The zero-order valence-electron chi connectivity index (χ0n) is 9.70. The van der Waals surface area contributed by atoms with Crippen LogP contribution >= 0.6 is 0 Å². The Morgan fingerprint density at radius 3 is 2.94 bits per heavy atom. The molecule has 0 spiro atoms. The van der Waals surface area contributed by atoms with Crippen LogP contribution in [0.1, 0.15) is 31.0 Å². The summed E-state index contributed by atoms with van der Waals surface area (Å²) in [5, 5.41) is 21.3. The Kier molecular flexibility index (Phi) is 4.74. The van der Waals surface area contributed by atoms with Gasteiger partial charge in [0.15, 0.2) is 0 Å². The van der Waals surface area contributed by atoms with Gasteiger partial charge < -0.3 is 10.4 Å². The Morgan fingerprint density at radius 1 is 1.56 bits per heavy atom. The van der Waals surface area contributed by atoms with E-state index in [0.29, 0.717) is 24.3 Å². The summed E-state index contributed by atoms with van der Waals surface area (Å²) < 4.78 is 0. The van der Waals surface area contributed by atoms with E-state index in [9.17, 15) is 5.11 Å². The summed E-state index contributed by atoms with van der Waals surface area (Å²) in [5.74, 6) is 0.694. The third-order valence-electron chi connectivity index (χ3n) is 2.34. The lowest BCUT2D eigenvalue weighted by Gasteiger charge is -2.09. The van der Waals surface area contributed by atoms with Crippen molar-refractivity contribution in [2.24, 2.45) is 0 Å². The molecule has 0 aromatic carbocycles. The van der Waals surface area contributed by atoms with Crippen molar-refractivity contribution in [2.75, 3.05) is 11.9 Å². The number of aryl methyl sites for hydroxylation is 1. The van der Waals surface area contributed by atoms with Gasteiger partial charge in [-0.3, -0.25) is 0 Å². The molecule has 0 aliphatic carbocycles. The van der Waals surface area contributed by atoms with Crippen molar-refractivity contribution in [3.8, 4) is 6.07 Å². The number of aliphatic hydroxyl groups excluding tert-OH is 1. The van der Waals surface area contributed by atoms with E-state index in [-0.39, 0.29) is 6.10 Å². The molecular weight excluding hydrogens is 202 g/mol. The lowest BCUT2D eigenvalue weighted by Crippen LogP contribution is -2.13. The second-order valence-electron chi connectivity index (χ2n) is 3.77. The van der Waals surface area contributed by atoms with Crippen molar-refractivity contribution in [3.05, 3.63) is 23.4 Å². The summed E-state index contributed by atoms with van der Waals surface area (Å²) in [6.45, 7) is 4.46. The number of aromatic nitrogens is 1. The minimum absolute atomic E-state index is 0.271. The summed E-state index contributed by atoms with van der Waals surface area (Å²) >= 11 is 0. The molecular formula is C12H17N3O. The van der Waals surface area contributed by atoms with Gasteiger partial charge in [-0.05, 0) is 31.9 Å². The number of nitrogens with zero attached hydrogens (tertiary/aromatic N) is 2. The Morgan fingerprint density at radius 2 is 2.31 bits per heavy atom. The monoisotopic (exact) mass is 219 g/mol. The second kappa shape index (κ2) is 6.09. The van der Waals surface area contributed by atoms with Crippen molar-refractivity contribution in [1.82, 2.24) is 4.98 Å². The quantitative estimate of drug-likeness (QED) is 0.792. The minimum Gasteiger partial charge on any atom is -0.393 e. The number of nitrogens with one attached hydrogen (secondary N) is 1. The predicted octanol–water partition coefficient (Wildman–Crippen LogP) is 1.83. The molecule has 4 nitrogen and oxygen atoms in total. The molecule has 0 fully saturated rings. The molecule has 0 bridgehead atoms. The molecule has 86 valence electrons. The van der Waals surface area contributed by atoms with Gasteiger partial charge in [0, 0.05) is 12.2 Å². The summed E-state index contributed by atoms with van der Waals surface area (Å²) in [6.07, 6.45) is 1.17. The van der Waals surface area contributed by atoms with Crippen LogP contribution < -0.4 is 5.32 Å². The van der Waals surface area contributed by atoms with Gasteiger partial charge in [-0.15, -0.1) is 0 Å². The number of anilines is 1. The Hall–Kier alpha value is -1.60. The van der Waals surface area contributed by atoms with Gasteiger partial charge in [0.1, 0.15) is 5.82 Å². The normalized spacial score (nSPS) is 11.9. The first-order chi connectivity index (χ1) is 7.65. The predicted molar refractivity (Wildman–Crippen MR) is 63.1 cm³/mol. The first-order valence-electron chi connectivity index (χ1n) is 5.46. The third-order valence-corrected chi connectivity index (χ3v) is 2.34. The van der Waals surface area contributed by atoms with Gasteiger partial charge in [-0.2, -0.15) is 5.26 Å².